The van der Waals surface area contributed by atoms with Gasteiger partial charge in [-0.25, -0.2) is 0 Å². The Kier molecular flexibility index (Phi) is 3.47. The Morgan fingerprint density at radius 2 is 1.81 bits per heavy atom. The maximum atomic E-state index is 12.0. The number of hydrogen-bond donors (Lipinski definition) is 2. The molecule has 0 bridgehead atoms. The van der Waals surface area contributed by atoms with Crippen molar-refractivity contribution in [1.82, 2.24) is 15.6 Å². The molecular formula is C16H14N4O. The summed E-state index contributed by atoms with van der Waals surface area (Å²) in [5.74, 6) is 0.304. The topological polar surface area (TPSA) is 66.9 Å². The van der Waals surface area contributed by atoms with Gasteiger partial charge in [0.05, 0.1) is 6.20 Å². The third-order valence-electron chi connectivity index (χ3n) is 3.18. The third-order valence-corrected chi connectivity index (χ3v) is 3.18. The van der Waals surface area contributed by atoms with Crippen LogP contribution in [0.15, 0.2) is 54.7 Å². The van der Waals surface area contributed by atoms with E-state index in [1.165, 1.54) is 0 Å². The molecule has 5 nitrogen and oxygen atoms in total. The Morgan fingerprint density at radius 1 is 1.05 bits per heavy atom. The van der Waals surface area contributed by atoms with Crippen LogP contribution in [0.3, 0.4) is 0 Å². The highest BCUT2D eigenvalue weighted by atomic mass is 16.2. The molecule has 0 aliphatic rings. The molecule has 0 aliphatic carbocycles. The van der Waals surface area contributed by atoms with Crippen LogP contribution in [0.5, 0.6) is 0 Å². The van der Waals surface area contributed by atoms with Crippen LogP contribution in [0, 0.1) is 6.92 Å². The Balaban J connectivity index is 1.77. The summed E-state index contributed by atoms with van der Waals surface area (Å²) in [6.45, 7) is 1.98. The van der Waals surface area contributed by atoms with Crippen molar-refractivity contribution >= 4 is 22.5 Å². The van der Waals surface area contributed by atoms with E-state index in [0.29, 0.717) is 11.4 Å². The number of anilines is 1. The van der Waals surface area contributed by atoms with Gasteiger partial charge in [-0.05, 0) is 19.1 Å². The first-order valence-electron chi connectivity index (χ1n) is 6.57. The number of rotatable bonds is 3. The number of hydrogen-bond acceptors (Lipinski definition) is 4. The molecule has 0 saturated carbocycles. The lowest BCUT2D eigenvalue weighted by Crippen LogP contribution is -2.30. The standard InChI is InChI=1S/C16H14N4O/c1-11-6-8-12(9-7-11)16(21)20-19-15-14-5-3-2-4-13(14)10-17-18-15/h2-10H,1H3,(H,18,19)(H,20,21). The highest BCUT2D eigenvalue weighted by Gasteiger charge is 2.06. The molecule has 3 aromatic rings. The van der Waals surface area contributed by atoms with E-state index in [1.54, 1.807) is 18.3 Å². The number of nitrogens with one attached hydrogen (secondary N) is 2. The molecule has 2 N–H and O–H groups in total. The minimum Gasteiger partial charge on any atom is -0.280 e. The molecule has 1 heterocycles. The van der Waals surface area contributed by atoms with Crippen molar-refractivity contribution in [2.75, 3.05) is 5.43 Å². The zero-order valence-corrected chi connectivity index (χ0v) is 11.5. The Labute approximate surface area is 122 Å². The summed E-state index contributed by atoms with van der Waals surface area (Å²) in [7, 11) is 0. The van der Waals surface area contributed by atoms with Gasteiger partial charge < -0.3 is 0 Å². The van der Waals surface area contributed by atoms with Crippen LogP contribution in [0.4, 0.5) is 5.82 Å². The fraction of sp³-hybridized carbons (Fsp3) is 0.0625. The van der Waals surface area contributed by atoms with Crippen molar-refractivity contribution in [3.63, 3.8) is 0 Å². The van der Waals surface area contributed by atoms with Gasteiger partial charge in [0.1, 0.15) is 0 Å². The van der Waals surface area contributed by atoms with Gasteiger partial charge in [-0.1, -0.05) is 42.0 Å². The van der Waals surface area contributed by atoms with Gasteiger partial charge in [-0.15, -0.1) is 5.10 Å². The van der Waals surface area contributed by atoms with Crippen LogP contribution in [-0.2, 0) is 0 Å². The Bertz CT molecular complexity index is 778. The van der Waals surface area contributed by atoms with Crippen LogP contribution in [0.25, 0.3) is 10.8 Å². The van der Waals surface area contributed by atoms with Gasteiger partial charge in [-0.2, -0.15) is 5.10 Å². The van der Waals surface area contributed by atoms with E-state index in [-0.39, 0.29) is 5.91 Å². The normalized spacial score (nSPS) is 10.3. The van der Waals surface area contributed by atoms with Crippen molar-refractivity contribution in [1.29, 1.82) is 0 Å². The molecule has 5 heteroatoms. The molecule has 0 spiro atoms. The molecule has 1 aromatic heterocycles. The molecule has 1 amide bonds. The van der Waals surface area contributed by atoms with E-state index in [0.717, 1.165) is 16.3 Å². The smallest absolute Gasteiger partial charge is 0.269 e. The zero-order valence-electron chi connectivity index (χ0n) is 11.5. The van der Waals surface area contributed by atoms with Crippen molar-refractivity contribution < 1.29 is 4.79 Å². The Hall–Kier alpha value is -2.95. The summed E-state index contributed by atoms with van der Waals surface area (Å²) in [6.07, 6.45) is 1.68. The monoisotopic (exact) mass is 278 g/mol. The molecule has 0 unspecified atom stereocenters. The van der Waals surface area contributed by atoms with E-state index in [2.05, 4.69) is 21.0 Å². The number of carbonyl (C=O) groups is 1. The van der Waals surface area contributed by atoms with Gasteiger partial charge in [0.15, 0.2) is 5.82 Å². The van der Waals surface area contributed by atoms with Gasteiger partial charge in [0.25, 0.3) is 5.91 Å². The molecular weight excluding hydrogens is 264 g/mol. The number of amides is 1. The molecule has 0 atom stereocenters. The minimum atomic E-state index is -0.218. The second kappa shape index (κ2) is 5.58. The number of hydrazine groups is 1. The van der Waals surface area contributed by atoms with E-state index in [1.807, 2.05) is 43.3 Å². The number of benzene rings is 2. The summed E-state index contributed by atoms with van der Waals surface area (Å²) in [5, 5.41) is 9.78. The summed E-state index contributed by atoms with van der Waals surface area (Å²) in [6, 6.07) is 15.1. The van der Waals surface area contributed by atoms with Crippen molar-refractivity contribution in [3.8, 4) is 0 Å². The molecule has 0 aliphatic heterocycles. The SMILES string of the molecule is Cc1ccc(C(=O)NNc2nncc3ccccc23)cc1. The van der Waals surface area contributed by atoms with Crippen LogP contribution in [0.2, 0.25) is 0 Å². The third kappa shape index (κ3) is 2.81. The van der Waals surface area contributed by atoms with Crippen LogP contribution in [-0.4, -0.2) is 16.1 Å². The average Bonchev–Trinajstić information content (AvgIpc) is 2.53. The highest BCUT2D eigenvalue weighted by molar-refractivity contribution is 5.96. The van der Waals surface area contributed by atoms with Crippen LogP contribution < -0.4 is 10.9 Å². The van der Waals surface area contributed by atoms with E-state index in [4.69, 9.17) is 0 Å². The lowest BCUT2D eigenvalue weighted by molar-refractivity contribution is 0.0962. The fourth-order valence-corrected chi connectivity index (χ4v) is 2.01. The summed E-state index contributed by atoms with van der Waals surface area (Å²) in [5.41, 5.74) is 7.16. The summed E-state index contributed by atoms with van der Waals surface area (Å²) < 4.78 is 0. The first kappa shape index (κ1) is 13.1. The highest BCUT2D eigenvalue weighted by Crippen LogP contribution is 2.18. The lowest BCUT2D eigenvalue weighted by Gasteiger charge is -2.09. The van der Waals surface area contributed by atoms with Gasteiger partial charge in [0.2, 0.25) is 0 Å². The van der Waals surface area contributed by atoms with Crippen molar-refractivity contribution in [3.05, 3.63) is 65.9 Å². The maximum Gasteiger partial charge on any atom is 0.269 e. The van der Waals surface area contributed by atoms with Crippen molar-refractivity contribution in [2.45, 2.75) is 6.92 Å². The lowest BCUT2D eigenvalue weighted by atomic mass is 10.1. The predicted octanol–water partition coefficient (Wildman–Crippen LogP) is 2.70. The molecule has 21 heavy (non-hydrogen) atoms. The Morgan fingerprint density at radius 3 is 2.62 bits per heavy atom. The second-order valence-corrected chi connectivity index (χ2v) is 4.73. The van der Waals surface area contributed by atoms with E-state index >= 15 is 0 Å². The molecule has 0 radical (unpaired) electrons. The number of carbonyl (C=O) groups excluding carboxylic acids is 1. The number of aryl methyl sites for hydroxylation is 1. The van der Waals surface area contributed by atoms with Crippen molar-refractivity contribution in [2.24, 2.45) is 0 Å². The van der Waals surface area contributed by atoms with Gasteiger partial charge >= 0.3 is 0 Å². The van der Waals surface area contributed by atoms with E-state index in [9.17, 15) is 4.79 Å². The largest absolute Gasteiger partial charge is 0.280 e. The fourth-order valence-electron chi connectivity index (χ4n) is 2.01. The predicted molar refractivity (Wildman–Crippen MR) is 81.8 cm³/mol. The van der Waals surface area contributed by atoms with E-state index < -0.39 is 0 Å². The quantitative estimate of drug-likeness (QED) is 0.723. The summed E-state index contributed by atoms with van der Waals surface area (Å²) >= 11 is 0. The van der Waals surface area contributed by atoms with Crippen LogP contribution >= 0.6 is 0 Å². The number of fused-ring (bicyclic) bond motifs is 1. The second-order valence-electron chi connectivity index (χ2n) is 4.73. The molecule has 2 aromatic carbocycles. The van der Waals surface area contributed by atoms with Crippen LogP contribution in [0.1, 0.15) is 15.9 Å². The molecule has 0 fully saturated rings. The molecule has 104 valence electrons. The molecule has 3 rings (SSSR count). The maximum absolute atomic E-state index is 12.0. The summed E-state index contributed by atoms with van der Waals surface area (Å²) in [4.78, 5) is 12.0. The molecule has 0 saturated heterocycles. The first-order valence-corrected chi connectivity index (χ1v) is 6.57. The average molecular weight is 278 g/mol. The number of aromatic nitrogens is 2. The number of nitrogens with zero attached hydrogens (tertiary/aromatic N) is 2. The van der Waals surface area contributed by atoms with Gasteiger partial charge in [0, 0.05) is 16.3 Å². The van der Waals surface area contributed by atoms with Gasteiger partial charge in [-0.3, -0.25) is 15.6 Å². The first-order chi connectivity index (χ1) is 10.2. The minimum absolute atomic E-state index is 0.218. The zero-order chi connectivity index (χ0) is 14.7.